The van der Waals surface area contributed by atoms with Crippen molar-refractivity contribution in [3.63, 3.8) is 0 Å². The Morgan fingerprint density at radius 1 is 1.17 bits per heavy atom. The van der Waals surface area contributed by atoms with Crippen molar-refractivity contribution in [2.24, 2.45) is 18.0 Å². The maximum Gasteiger partial charge on any atom is 0.326 e. The summed E-state index contributed by atoms with van der Waals surface area (Å²) in [5, 5.41) is 0.540. The highest BCUT2D eigenvalue weighted by atomic mass is 35.5. The number of imidazole rings is 1. The van der Waals surface area contributed by atoms with E-state index < -0.39 is 0 Å². The number of halogens is 1. The van der Waals surface area contributed by atoms with Gasteiger partial charge in [0.15, 0.2) is 5.75 Å². The summed E-state index contributed by atoms with van der Waals surface area (Å²) in [6, 6.07) is 10.8. The van der Waals surface area contributed by atoms with Gasteiger partial charge in [0.25, 0.3) is 5.91 Å². The van der Waals surface area contributed by atoms with Crippen molar-refractivity contribution in [1.82, 2.24) is 14.5 Å². The molecule has 0 spiro atoms. The smallest absolute Gasteiger partial charge is 0.326 e. The van der Waals surface area contributed by atoms with E-state index in [4.69, 9.17) is 16.3 Å². The van der Waals surface area contributed by atoms with Crippen LogP contribution in [0.4, 0.5) is 0 Å². The largest absolute Gasteiger partial charge is 0.454 e. The molecule has 0 radical (unpaired) electrons. The highest BCUT2D eigenvalue weighted by Gasteiger charge is 2.35. The maximum absolute atomic E-state index is 12.5. The summed E-state index contributed by atoms with van der Waals surface area (Å²) in [4.78, 5) is 33.4. The highest BCUT2D eigenvalue weighted by molar-refractivity contribution is 6.44. The number of hydrogen-bond acceptors (Lipinski definition) is 4. The summed E-state index contributed by atoms with van der Waals surface area (Å²) in [5.74, 6) is 0.613. The predicted octanol–water partition coefficient (Wildman–Crippen LogP) is 3.71. The first-order valence-electron chi connectivity index (χ1n) is 9.33. The number of ether oxygens (including phenoxy) is 1. The van der Waals surface area contributed by atoms with Crippen LogP contribution in [0, 0.1) is 5.92 Å². The van der Waals surface area contributed by atoms with Gasteiger partial charge in [-0.3, -0.25) is 14.4 Å². The number of fused-ring (bicyclic) bond motifs is 2. The van der Waals surface area contributed by atoms with Crippen LogP contribution in [0.1, 0.15) is 5.56 Å². The van der Waals surface area contributed by atoms with Crippen molar-refractivity contribution in [3.05, 3.63) is 75.9 Å². The van der Waals surface area contributed by atoms with E-state index in [2.05, 4.69) is 9.98 Å². The third kappa shape index (κ3) is 2.78. The predicted molar refractivity (Wildman–Crippen MR) is 116 cm³/mol. The molecule has 7 nitrogen and oxygen atoms in total. The van der Waals surface area contributed by atoms with Gasteiger partial charge in [-0.15, -0.1) is 0 Å². The molecule has 0 fully saturated rings. The molecule has 150 valence electrons. The van der Waals surface area contributed by atoms with Crippen LogP contribution in [0.3, 0.4) is 0 Å². The Hall–Kier alpha value is -3.58. The number of allylic oxidation sites excluding steroid dienone is 2. The van der Waals surface area contributed by atoms with Gasteiger partial charge in [0.1, 0.15) is 17.0 Å². The van der Waals surface area contributed by atoms with Crippen molar-refractivity contribution in [1.29, 1.82) is 0 Å². The van der Waals surface area contributed by atoms with Crippen molar-refractivity contribution < 1.29 is 9.53 Å². The van der Waals surface area contributed by atoms with Crippen molar-refractivity contribution in [2.75, 3.05) is 7.05 Å². The van der Waals surface area contributed by atoms with Crippen LogP contribution in [0.5, 0.6) is 11.5 Å². The van der Waals surface area contributed by atoms with E-state index in [0.29, 0.717) is 33.3 Å². The number of H-pyrrole nitrogens is 1. The summed E-state index contributed by atoms with van der Waals surface area (Å²) < 4.78 is 7.78. The van der Waals surface area contributed by atoms with Crippen LogP contribution in [-0.4, -0.2) is 33.1 Å². The van der Waals surface area contributed by atoms with Gasteiger partial charge < -0.3 is 14.6 Å². The van der Waals surface area contributed by atoms with Crippen LogP contribution in [0.25, 0.3) is 16.6 Å². The van der Waals surface area contributed by atoms with Gasteiger partial charge in [-0.1, -0.05) is 23.7 Å². The fourth-order valence-electron chi connectivity index (χ4n) is 3.84. The Morgan fingerprint density at radius 2 is 2.00 bits per heavy atom. The molecule has 1 amide bonds. The Labute approximate surface area is 176 Å². The number of aromatic amines is 1. The minimum atomic E-state index is -0.275. The number of aliphatic imine (C=N–C) groups is 1. The van der Waals surface area contributed by atoms with Crippen molar-refractivity contribution in [3.8, 4) is 11.5 Å². The SMILES string of the molecule is CN1C=C(c2ccc3c([nH]c(=O)n3C)c2Oc2cccc(Cl)c2)C2C=CN=C2C1=O. The van der Waals surface area contributed by atoms with Gasteiger partial charge in [0.2, 0.25) is 0 Å². The molecule has 2 aliphatic heterocycles. The van der Waals surface area contributed by atoms with E-state index in [-0.39, 0.29) is 17.5 Å². The average molecular weight is 421 g/mol. The Bertz CT molecular complexity index is 1360. The van der Waals surface area contributed by atoms with Crippen molar-refractivity contribution in [2.45, 2.75) is 0 Å². The molecule has 3 aromatic rings. The summed E-state index contributed by atoms with van der Waals surface area (Å²) in [7, 11) is 3.39. The molecule has 1 aromatic heterocycles. The molecule has 1 atom stereocenters. The number of nitrogens with one attached hydrogen (secondary N) is 1. The van der Waals surface area contributed by atoms with E-state index in [1.165, 1.54) is 9.47 Å². The van der Waals surface area contributed by atoms with Gasteiger partial charge in [-0.25, -0.2) is 4.79 Å². The minimum absolute atomic E-state index is 0.139. The van der Waals surface area contributed by atoms with Gasteiger partial charge in [0, 0.05) is 37.1 Å². The molecule has 5 rings (SSSR count). The first-order valence-corrected chi connectivity index (χ1v) is 9.70. The number of aromatic nitrogens is 2. The number of nitrogens with zero attached hydrogens (tertiary/aromatic N) is 3. The molecule has 30 heavy (non-hydrogen) atoms. The zero-order chi connectivity index (χ0) is 21.0. The number of carbonyl (C=O) groups is 1. The van der Waals surface area contributed by atoms with Crippen LogP contribution in [0.2, 0.25) is 5.02 Å². The molecule has 0 saturated heterocycles. The van der Waals surface area contributed by atoms with Crippen LogP contribution < -0.4 is 10.4 Å². The normalized spacial score (nSPS) is 17.9. The molecular formula is C22H17ClN4O3. The second kappa shape index (κ2) is 6.74. The maximum atomic E-state index is 12.5. The first kappa shape index (κ1) is 18.4. The quantitative estimate of drug-likeness (QED) is 0.701. The zero-order valence-corrected chi connectivity index (χ0v) is 17.0. The molecular weight excluding hydrogens is 404 g/mol. The lowest BCUT2D eigenvalue weighted by Crippen LogP contribution is -2.37. The topological polar surface area (TPSA) is 79.7 Å². The monoisotopic (exact) mass is 420 g/mol. The lowest BCUT2D eigenvalue weighted by atomic mass is 9.86. The zero-order valence-electron chi connectivity index (χ0n) is 16.2. The van der Waals surface area contributed by atoms with Gasteiger partial charge >= 0.3 is 5.69 Å². The number of aryl methyl sites for hydroxylation is 1. The highest BCUT2D eigenvalue weighted by Crippen LogP contribution is 2.42. The summed E-state index contributed by atoms with van der Waals surface area (Å²) in [6.45, 7) is 0. The lowest BCUT2D eigenvalue weighted by Gasteiger charge is -2.27. The number of rotatable bonds is 3. The van der Waals surface area contributed by atoms with E-state index in [1.807, 2.05) is 18.2 Å². The second-order valence-corrected chi connectivity index (χ2v) is 7.66. The summed E-state index contributed by atoms with van der Waals surface area (Å²) in [5.41, 5.74) is 3.11. The molecule has 0 saturated carbocycles. The number of benzene rings is 2. The molecule has 2 aromatic carbocycles. The molecule has 8 heteroatoms. The van der Waals surface area contributed by atoms with Crippen LogP contribution in [0.15, 0.2) is 64.7 Å². The molecule has 2 aliphatic rings. The standard InChI is InChI=1S/C22H17ClN4O3/c1-26-11-16(14-8-9-24-18(14)21(26)28)15-6-7-17-19(25-22(29)27(17)2)20(15)30-13-5-3-4-12(23)10-13/h3-11,14H,1-2H3,(H,25,29). The second-order valence-electron chi connectivity index (χ2n) is 7.22. The fraction of sp³-hybridized carbons (Fsp3) is 0.136. The first-order chi connectivity index (χ1) is 14.4. The van der Waals surface area contributed by atoms with Gasteiger partial charge in [-0.2, -0.15) is 0 Å². The van der Waals surface area contributed by atoms with Crippen LogP contribution in [-0.2, 0) is 11.8 Å². The van der Waals surface area contributed by atoms with E-state index >= 15 is 0 Å². The summed E-state index contributed by atoms with van der Waals surface area (Å²) >= 11 is 6.13. The van der Waals surface area contributed by atoms with Crippen molar-refractivity contribution >= 4 is 39.8 Å². The minimum Gasteiger partial charge on any atom is -0.454 e. The van der Waals surface area contributed by atoms with E-state index in [1.54, 1.807) is 50.8 Å². The fourth-order valence-corrected chi connectivity index (χ4v) is 4.02. The molecule has 0 aliphatic carbocycles. The van der Waals surface area contributed by atoms with Gasteiger partial charge in [-0.05, 0) is 35.9 Å². The lowest BCUT2D eigenvalue weighted by molar-refractivity contribution is -0.121. The molecule has 1 unspecified atom stereocenters. The number of hydrogen-bond donors (Lipinski definition) is 1. The van der Waals surface area contributed by atoms with E-state index in [9.17, 15) is 9.59 Å². The molecule has 3 heterocycles. The average Bonchev–Trinajstić information content (AvgIpc) is 3.32. The summed E-state index contributed by atoms with van der Waals surface area (Å²) in [6.07, 6.45) is 5.31. The third-order valence-electron chi connectivity index (χ3n) is 5.35. The van der Waals surface area contributed by atoms with E-state index in [0.717, 1.165) is 11.1 Å². The van der Waals surface area contributed by atoms with Gasteiger partial charge in [0.05, 0.1) is 11.4 Å². The Balaban J connectivity index is 1.75. The molecule has 1 N–H and O–H groups in total. The Kier molecular flexibility index (Phi) is 4.15. The third-order valence-corrected chi connectivity index (χ3v) is 5.59. The Morgan fingerprint density at radius 3 is 2.80 bits per heavy atom. The number of carbonyl (C=O) groups excluding carboxylic acids is 1. The molecule has 0 bridgehead atoms. The van der Waals surface area contributed by atoms with Crippen LogP contribution >= 0.6 is 11.6 Å². The number of amides is 1.